The van der Waals surface area contributed by atoms with Crippen LogP contribution in [0.5, 0.6) is 0 Å². The molecule has 0 aliphatic heterocycles. The summed E-state index contributed by atoms with van der Waals surface area (Å²) in [6, 6.07) is 13.9. The summed E-state index contributed by atoms with van der Waals surface area (Å²) in [4.78, 5) is 15.7. The van der Waals surface area contributed by atoms with Crippen LogP contribution in [0.3, 0.4) is 0 Å². The maximum absolute atomic E-state index is 11.4. The number of fused-ring (bicyclic) bond motifs is 1. The third kappa shape index (κ3) is 2.94. The molecule has 0 saturated heterocycles. The molecule has 0 saturated carbocycles. The van der Waals surface area contributed by atoms with Crippen LogP contribution < -0.4 is 0 Å². The molecule has 3 rings (SSSR count). The second-order valence-electron chi connectivity index (χ2n) is 5.61. The Hall–Kier alpha value is -1.98. The topological polar surface area (TPSA) is 55.1 Å². The molecule has 0 bridgehead atoms. The minimum atomic E-state index is -1.00. The molecule has 2 aromatic carbocycles. The summed E-state index contributed by atoms with van der Waals surface area (Å²) in [5.74, 6) is -0.897. The standard InChI is InChI=1S/C17H15ClN2O2S/c1-17(2,15(21)22)23-16-19-10-14(18)20(16)13-9-5-7-11-6-3-4-8-12(11)13/h3-10H,1-2H3,(H,21,22). The molecule has 0 aliphatic carbocycles. The number of halogens is 1. The number of hydrogen-bond acceptors (Lipinski definition) is 3. The Balaban J connectivity index is 2.17. The molecule has 6 heteroatoms. The van der Waals surface area contributed by atoms with Crippen LogP contribution in [0.25, 0.3) is 16.5 Å². The van der Waals surface area contributed by atoms with Crippen LogP contribution >= 0.6 is 23.4 Å². The second-order valence-corrected chi connectivity index (χ2v) is 7.59. The van der Waals surface area contributed by atoms with E-state index in [-0.39, 0.29) is 0 Å². The van der Waals surface area contributed by atoms with Gasteiger partial charge < -0.3 is 5.11 Å². The summed E-state index contributed by atoms with van der Waals surface area (Å²) in [7, 11) is 0. The number of nitrogens with zero attached hydrogens (tertiary/aromatic N) is 2. The highest BCUT2D eigenvalue weighted by atomic mass is 35.5. The average molecular weight is 347 g/mol. The van der Waals surface area contributed by atoms with E-state index in [1.54, 1.807) is 24.6 Å². The van der Waals surface area contributed by atoms with Gasteiger partial charge in [0.15, 0.2) is 5.16 Å². The van der Waals surface area contributed by atoms with Gasteiger partial charge in [-0.3, -0.25) is 9.36 Å². The van der Waals surface area contributed by atoms with Gasteiger partial charge in [0, 0.05) is 5.39 Å². The molecular weight excluding hydrogens is 332 g/mol. The van der Waals surface area contributed by atoms with E-state index in [0.29, 0.717) is 10.3 Å². The molecule has 0 radical (unpaired) electrons. The molecule has 1 N–H and O–H groups in total. The van der Waals surface area contributed by atoms with Gasteiger partial charge >= 0.3 is 5.97 Å². The Morgan fingerprint density at radius 3 is 2.65 bits per heavy atom. The molecule has 1 heterocycles. The third-order valence-electron chi connectivity index (χ3n) is 3.56. The normalized spacial score (nSPS) is 11.8. The van der Waals surface area contributed by atoms with Gasteiger partial charge in [0.1, 0.15) is 9.90 Å². The van der Waals surface area contributed by atoms with Gasteiger partial charge in [0.05, 0.1) is 11.9 Å². The zero-order valence-electron chi connectivity index (χ0n) is 12.7. The first-order valence-electron chi connectivity index (χ1n) is 7.04. The summed E-state index contributed by atoms with van der Waals surface area (Å²) in [6.45, 7) is 3.30. The van der Waals surface area contributed by atoms with Crippen LogP contribution in [0, 0.1) is 0 Å². The summed E-state index contributed by atoms with van der Waals surface area (Å²) < 4.78 is 0.788. The van der Waals surface area contributed by atoms with E-state index >= 15 is 0 Å². The van der Waals surface area contributed by atoms with Crippen LogP contribution in [-0.2, 0) is 4.79 Å². The summed E-state index contributed by atoms with van der Waals surface area (Å²) in [5, 5.41) is 12.5. The average Bonchev–Trinajstić information content (AvgIpc) is 2.86. The molecule has 0 amide bonds. The number of rotatable bonds is 4. The van der Waals surface area contributed by atoms with E-state index in [9.17, 15) is 9.90 Å². The van der Waals surface area contributed by atoms with E-state index in [1.807, 2.05) is 42.5 Å². The Morgan fingerprint density at radius 1 is 1.22 bits per heavy atom. The number of benzene rings is 2. The number of carbonyl (C=O) groups is 1. The summed E-state index contributed by atoms with van der Waals surface area (Å²) >= 11 is 7.50. The summed E-state index contributed by atoms with van der Waals surface area (Å²) in [5.41, 5.74) is 0.884. The highest BCUT2D eigenvalue weighted by Crippen LogP contribution is 2.36. The van der Waals surface area contributed by atoms with Gasteiger partial charge in [-0.1, -0.05) is 59.8 Å². The maximum atomic E-state index is 11.4. The van der Waals surface area contributed by atoms with Crippen molar-refractivity contribution in [1.29, 1.82) is 0 Å². The van der Waals surface area contributed by atoms with E-state index in [2.05, 4.69) is 4.98 Å². The van der Waals surface area contributed by atoms with Gasteiger partial charge in [-0.15, -0.1) is 0 Å². The van der Waals surface area contributed by atoms with Crippen LogP contribution in [0.15, 0.2) is 53.8 Å². The molecule has 23 heavy (non-hydrogen) atoms. The Labute approximate surface area is 143 Å². The van der Waals surface area contributed by atoms with E-state index in [0.717, 1.165) is 16.5 Å². The lowest BCUT2D eigenvalue weighted by Crippen LogP contribution is -2.27. The molecule has 0 spiro atoms. The van der Waals surface area contributed by atoms with E-state index < -0.39 is 10.7 Å². The first kappa shape index (κ1) is 15.9. The van der Waals surface area contributed by atoms with Crippen molar-refractivity contribution >= 4 is 40.1 Å². The lowest BCUT2D eigenvalue weighted by Gasteiger charge is -2.19. The van der Waals surface area contributed by atoms with Gasteiger partial charge in [-0.25, -0.2) is 4.98 Å². The maximum Gasteiger partial charge on any atom is 0.319 e. The minimum Gasteiger partial charge on any atom is -0.480 e. The first-order valence-corrected chi connectivity index (χ1v) is 8.23. The minimum absolute atomic E-state index is 0.449. The molecule has 0 unspecified atom stereocenters. The smallest absolute Gasteiger partial charge is 0.319 e. The van der Waals surface area contributed by atoms with Crippen molar-refractivity contribution in [2.75, 3.05) is 0 Å². The van der Waals surface area contributed by atoms with Gasteiger partial charge in [-0.05, 0) is 25.3 Å². The quantitative estimate of drug-likeness (QED) is 0.699. The molecule has 118 valence electrons. The largest absolute Gasteiger partial charge is 0.480 e. The van der Waals surface area contributed by atoms with Crippen molar-refractivity contribution in [2.45, 2.75) is 23.8 Å². The van der Waals surface area contributed by atoms with Crippen molar-refractivity contribution < 1.29 is 9.90 Å². The van der Waals surface area contributed by atoms with Gasteiger partial charge in [0.2, 0.25) is 0 Å². The van der Waals surface area contributed by atoms with Crippen molar-refractivity contribution in [3.8, 4) is 5.69 Å². The van der Waals surface area contributed by atoms with Crippen LogP contribution in [-0.4, -0.2) is 25.4 Å². The fraction of sp³-hybridized carbons (Fsp3) is 0.176. The number of aliphatic carboxylic acids is 1. The Bertz CT molecular complexity index is 884. The highest BCUT2D eigenvalue weighted by Gasteiger charge is 2.31. The molecule has 1 aromatic heterocycles. The van der Waals surface area contributed by atoms with Crippen LogP contribution in [0.1, 0.15) is 13.8 Å². The molecular formula is C17H15ClN2O2S. The van der Waals surface area contributed by atoms with Crippen molar-refractivity contribution in [2.24, 2.45) is 0 Å². The van der Waals surface area contributed by atoms with Crippen LogP contribution in [0.2, 0.25) is 5.15 Å². The highest BCUT2D eigenvalue weighted by molar-refractivity contribution is 8.01. The molecule has 4 nitrogen and oxygen atoms in total. The SMILES string of the molecule is CC(C)(Sc1ncc(Cl)n1-c1cccc2ccccc12)C(=O)O. The number of carboxylic acid groups (broad SMARTS) is 1. The van der Waals surface area contributed by atoms with Crippen molar-refractivity contribution in [1.82, 2.24) is 9.55 Å². The predicted octanol–water partition coefficient (Wildman–Crippen LogP) is 4.63. The monoisotopic (exact) mass is 346 g/mol. The number of imidazole rings is 1. The van der Waals surface area contributed by atoms with E-state index in [4.69, 9.17) is 11.6 Å². The fourth-order valence-electron chi connectivity index (χ4n) is 2.28. The molecule has 0 atom stereocenters. The number of thioether (sulfide) groups is 1. The zero-order chi connectivity index (χ0) is 16.6. The number of hydrogen-bond donors (Lipinski definition) is 1. The Kier molecular flexibility index (Phi) is 4.08. The number of carboxylic acids is 1. The predicted molar refractivity (Wildman–Crippen MR) is 93.7 cm³/mol. The van der Waals surface area contributed by atoms with Crippen LogP contribution in [0.4, 0.5) is 0 Å². The lowest BCUT2D eigenvalue weighted by atomic mass is 10.1. The van der Waals surface area contributed by atoms with E-state index in [1.165, 1.54) is 11.8 Å². The molecule has 0 fully saturated rings. The lowest BCUT2D eigenvalue weighted by molar-refractivity contribution is -0.138. The van der Waals surface area contributed by atoms with Gasteiger partial charge in [-0.2, -0.15) is 0 Å². The van der Waals surface area contributed by atoms with Crippen molar-refractivity contribution in [3.05, 3.63) is 53.8 Å². The zero-order valence-corrected chi connectivity index (χ0v) is 14.2. The summed E-state index contributed by atoms with van der Waals surface area (Å²) in [6.07, 6.45) is 1.55. The third-order valence-corrected chi connectivity index (χ3v) is 4.98. The number of aromatic nitrogens is 2. The molecule has 0 aliphatic rings. The first-order chi connectivity index (χ1) is 10.9. The molecule has 3 aromatic rings. The second kappa shape index (κ2) is 5.91. The fourth-order valence-corrected chi connectivity index (χ4v) is 3.49. The van der Waals surface area contributed by atoms with Gasteiger partial charge in [0.25, 0.3) is 0 Å². The van der Waals surface area contributed by atoms with Crippen molar-refractivity contribution in [3.63, 3.8) is 0 Å². The Morgan fingerprint density at radius 2 is 1.91 bits per heavy atom.